The molecule has 0 radical (unpaired) electrons. The fraction of sp³-hybridized carbons (Fsp3) is 0.240. The van der Waals surface area contributed by atoms with E-state index in [1.54, 1.807) is 6.07 Å². The van der Waals surface area contributed by atoms with E-state index in [9.17, 15) is 18.0 Å². The first kappa shape index (κ1) is 21.7. The smallest absolute Gasteiger partial charge is 0.406 e. The van der Waals surface area contributed by atoms with E-state index in [4.69, 9.17) is 0 Å². The molecule has 0 saturated heterocycles. The minimum atomic E-state index is -4.77. The van der Waals surface area contributed by atoms with Crippen molar-refractivity contribution in [1.29, 1.82) is 0 Å². The average Bonchev–Trinajstić information content (AvgIpc) is 3.01. The number of alkyl halides is 3. The summed E-state index contributed by atoms with van der Waals surface area (Å²) in [6.07, 6.45) is -4.77. The van der Waals surface area contributed by atoms with Crippen LogP contribution in [-0.4, -0.2) is 15.9 Å². The lowest BCUT2D eigenvalue weighted by Crippen LogP contribution is -2.18. The average molecular weight is 440 g/mol. The molecule has 0 amide bonds. The second-order valence-corrected chi connectivity index (χ2v) is 8.77. The second-order valence-electron chi connectivity index (χ2n) is 8.77. The van der Waals surface area contributed by atoms with Gasteiger partial charge < -0.3 is 9.72 Å². The molecule has 0 bridgehead atoms. The van der Waals surface area contributed by atoms with Gasteiger partial charge >= 0.3 is 12.1 Å². The predicted molar refractivity (Wildman–Crippen MR) is 119 cm³/mol. The Balaban J connectivity index is 1.64. The number of H-pyrrole nitrogens is 1. The molecule has 1 N–H and O–H groups in total. The van der Waals surface area contributed by atoms with Crippen LogP contribution < -0.4 is 10.4 Å². The molecule has 0 atom stereocenters. The number of nitrogens with zero attached hydrogens (tertiary/aromatic N) is 1. The fourth-order valence-electron chi connectivity index (χ4n) is 3.69. The van der Waals surface area contributed by atoms with E-state index < -0.39 is 6.36 Å². The largest absolute Gasteiger partial charge is 0.573 e. The van der Waals surface area contributed by atoms with Gasteiger partial charge in [0.1, 0.15) is 5.75 Å². The molecule has 0 spiro atoms. The molecular weight excluding hydrogens is 417 g/mol. The van der Waals surface area contributed by atoms with Gasteiger partial charge in [0.05, 0.1) is 17.6 Å². The van der Waals surface area contributed by atoms with Crippen molar-refractivity contribution >= 4 is 11.0 Å². The lowest BCUT2D eigenvalue weighted by molar-refractivity contribution is -0.274. The maximum Gasteiger partial charge on any atom is 0.573 e. The number of nitrogens with one attached hydrogen (secondary N) is 1. The van der Waals surface area contributed by atoms with E-state index >= 15 is 0 Å². The van der Waals surface area contributed by atoms with Crippen molar-refractivity contribution in [2.75, 3.05) is 0 Å². The molecule has 3 aromatic carbocycles. The molecule has 0 aliphatic carbocycles. The third-order valence-corrected chi connectivity index (χ3v) is 5.33. The zero-order chi connectivity index (χ0) is 23.1. The lowest BCUT2D eigenvalue weighted by Gasteiger charge is -2.19. The van der Waals surface area contributed by atoms with Crippen LogP contribution in [0.25, 0.3) is 22.2 Å². The van der Waals surface area contributed by atoms with Gasteiger partial charge in [-0.15, -0.1) is 13.2 Å². The van der Waals surface area contributed by atoms with E-state index in [-0.39, 0.29) is 23.4 Å². The Morgan fingerprint density at radius 3 is 2.25 bits per heavy atom. The normalized spacial score (nSPS) is 12.3. The number of halogens is 3. The Morgan fingerprint density at radius 2 is 1.59 bits per heavy atom. The summed E-state index contributed by atoms with van der Waals surface area (Å²) >= 11 is 0. The van der Waals surface area contributed by atoms with Gasteiger partial charge in [-0.3, -0.25) is 4.57 Å². The lowest BCUT2D eigenvalue weighted by atomic mass is 9.86. The number of ether oxygens (including phenoxy) is 1. The number of imidazole rings is 1. The minimum Gasteiger partial charge on any atom is -0.406 e. The standard InChI is InChI=1S/C25H23F3N2O2/c1-24(2,3)19-10-7-17(8-11-19)18-9-12-22-21(14-18)29-23(31)30(22)15-16-5-4-6-20(13-16)32-25(26,27)28/h4-14H,15H2,1-3H3,(H,29,31). The molecule has 0 aliphatic rings. The highest BCUT2D eigenvalue weighted by Gasteiger charge is 2.31. The van der Waals surface area contributed by atoms with Crippen molar-refractivity contribution in [2.24, 2.45) is 0 Å². The van der Waals surface area contributed by atoms with Crippen LogP contribution in [0, 0.1) is 0 Å². The van der Waals surface area contributed by atoms with Crippen molar-refractivity contribution in [3.05, 3.63) is 88.3 Å². The molecule has 1 aromatic heterocycles. The van der Waals surface area contributed by atoms with Crippen LogP contribution in [0.1, 0.15) is 31.9 Å². The summed E-state index contributed by atoms with van der Waals surface area (Å²) in [5, 5.41) is 0. The Morgan fingerprint density at radius 1 is 0.906 bits per heavy atom. The third kappa shape index (κ3) is 4.72. The summed E-state index contributed by atoms with van der Waals surface area (Å²) in [4.78, 5) is 15.4. The SMILES string of the molecule is CC(C)(C)c1ccc(-c2ccc3c(c2)[nH]c(=O)n3Cc2cccc(OC(F)(F)F)c2)cc1. The Labute approximate surface area is 183 Å². The van der Waals surface area contributed by atoms with Crippen LogP contribution in [0.15, 0.2) is 71.5 Å². The van der Waals surface area contributed by atoms with Crippen LogP contribution >= 0.6 is 0 Å². The summed E-state index contributed by atoms with van der Waals surface area (Å²) in [5.41, 5.74) is 4.82. The molecule has 0 fully saturated rings. The van der Waals surface area contributed by atoms with Crippen molar-refractivity contribution < 1.29 is 17.9 Å². The maximum absolute atomic E-state index is 12.6. The van der Waals surface area contributed by atoms with Crippen LogP contribution in [0.2, 0.25) is 0 Å². The Hall–Kier alpha value is -3.48. The van der Waals surface area contributed by atoms with Crippen LogP contribution in [0.3, 0.4) is 0 Å². The molecular formula is C25H23F3N2O2. The zero-order valence-electron chi connectivity index (χ0n) is 18.0. The minimum absolute atomic E-state index is 0.0629. The van der Waals surface area contributed by atoms with Gasteiger partial charge in [0.15, 0.2) is 0 Å². The van der Waals surface area contributed by atoms with Gasteiger partial charge in [0.25, 0.3) is 0 Å². The summed E-state index contributed by atoms with van der Waals surface area (Å²) in [7, 11) is 0. The van der Waals surface area contributed by atoms with Crippen molar-refractivity contribution in [3.63, 3.8) is 0 Å². The second kappa shape index (κ2) is 7.89. The number of rotatable bonds is 4. The molecule has 7 heteroatoms. The molecule has 4 nitrogen and oxygen atoms in total. The molecule has 32 heavy (non-hydrogen) atoms. The van der Waals surface area contributed by atoms with Crippen LogP contribution in [0.5, 0.6) is 5.75 Å². The van der Waals surface area contributed by atoms with E-state index in [0.29, 0.717) is 16.6 Å². The number of fused-ring (bicyclic) bond motifs is 1. The highest BCUT2D eigenvalue weighted by atomic mass is 19.4. The maximum atomic E-state index is 12.6. The van der Waals surface area contributed by atoms with Gasteiger partial charge in [0, 0.05) is 0 Å². The molecule has 0 aliphatic heterocycles. The topological polar surface area (TPSA) is 47.0 Å². The summed E-state index contributed by atoms with van der Waals surface area (Å²) in [6.45, 7) is 6.60. The summed E-state index contributed by atoms with van der Waals surface area (Å²) in [5.74, 6) is -0.316. The molecule has 1 heterocycles. The Kier molecular flexibility index (Phi) is 5.36. The molecule has 4 rings (SSSR count). The van der Waals surface area contributed by atoms with Crippen LogP contribution in [0.4, 0.5) is 13.2 Å². The molecule has 4 aromatic rings. The van der Waals surface area contributed by atoms with E-state index in [0.717, 1.165) is 11.1 Å². The van der Waals surface area contributed by atoms with Gasteiger partial charge in [-0.1, -0.05) is 63.2 Å². The molecule has 166 valence electrons. The number of aromatic nitrogens is 2. The monoisotopic (exact) mass is 440 g/mol. The first-order valence-corrected chi connectivity index (χ1v) is 10.2. The van der Waals surface area contributed by atoms with Gasteiger partial charge in [-0.2, -0.15) is 0 Å². The van der Waals surface area contributed by atoms with Crippen LogP contribution in [-0.2, 0) is 12.0 Å². The van der Waals surface area contributed by atoms with E-state index in [1.165, 1.54) is 28.3 Å². The quantitative estimate of drug-likeness (QED) is 0.408. The van der Waals surface area contributed by atoms with Crippen molar-refractivity contribution in [1.82, 2.24) is 9.55 Å². The molecule has 0 saturated carbocycles. The van der Waals surface area contributed by atoms with Gasteiger partial charge in [-0.05, 0) is 51.9 Å². The number of hydrogen-bond donors (Lipinski definition) is 1. The van der Waals surface area contributed by atoms with Gasteiger partial charge in [0.2, 0.25) is 0 Å². The number of aromatic amines is 1. The fourth-order valence-corrected chi connectivity index (χ4v) is 3.69. The van der Waals surface area contributed by atoms with Crippen molar-refractivity contribution in [2.45, 2.75) is 39.1 Å². The molecule has 0 unspecified atom stereocenters. The van der Waals surface area contributed by atoms with Gasteiger partial charge in [-0.25, -0.2) is 4.79 Å². The first-order valence-electron chi connectivity index (χ1n) is 10.2. The Bertz CT molecular complexity index is 1310. The summed E-state index contributed by atoms with van der Waals surface area (Å²) < 4.78 is 43.0. The highest BCUT2D eigenvalue weighted by molar-refractivity contribution is 5.82. The van der Waals surface area contributed by atoms with E-state index in [2.05, 4.69) is 54.8 Å². The van der Waals surface area contributed by atoms with Crippen molar-refractivity contribution in [3.8, 4) is 16.9 Å². The highest BCUT2D eigenvalue weighted by Crippen LogP contribution is 2.28. The third-order valence-electron chi connectivity index (χ3n) is 5.33. The predicted octanol–water partition coefficient (Wildman–Crippen LogP) is 6.24. The number of benzene rings is 3. The van der Waals surface area contributed by atoms with E-state index in [1.807, 2.05) is 18.2 Å². The number of hydrogen-bond acceptors (Lipinski definition) is 2. The zero-order valence-corrected chi connectivity index (χ0v) is 18.0. The summed E-state index contributed by atoms with van der Waals surface area (Å²) in [6, 6.07) is 19.6. The first-order chi connectivity index (χ1) is 15.0.